The molecule has 1 spiro atoms. The molecule has 2 aliphatic heterocycles. The van der Waals surface area contributed by atoms with Crippen molar-refractivity contribution in [2.24, 2.45) is 5.41 Å². The Morgan fingerprint density at radius 2 is 2.17 bits per heavy atom. The first-order chi connectivity index (χ1) is 11.5. The number of imidazole rings is 1. The van der Waals surface area contributed by atoms with E-state index in [0.29, 0.717) is 26.1 Å². The molecule has 2 saturated heterocycles. The molecule has 7 nitrogen and oxygen atoms in total. The van der Waals surface area contributed by atoms with E-state index in [-0.39, 0.29) is 17.2 Å². The summed E-state index contributed by atoms with van der Waals surface area (Å²) in [6.07, 6.45) is 6.61. The van der Waals surface area contributed by atoms with E-state index in [4.69, 9.17) is 0 Å². The lowest BCUT2D eigenvalue weighted by atomic mass is 9.72. The van der Waals surface area contributed by atoms with Gasteiger partial charge in [-0.1, -0.05) is 0 Å². The first-order valence-electron chi connectivity index (χ1n) is 8.71. The van der Waals surface area contributed by atoms with Crippen molar-refractivity contribution in [1.29, 1.82) is 0 Å². The number of rotatable bonds is 4. The Kier molecular flexibility index (Phi) is 4.89. The summed E-state index contributed by atoms with van der Waals surface area (Å²) in [6, 6.07) is 0. The summed E-state index contributed by atoms with van der Waals surface area (Å²) in [6.45, 7) is 4.34. The highest BCUT2D eigenvalue weighted by molar-refractivity contribution is 5.80. The number of aliphatic hydroxyl groups is 1. The van der Waals surface area contributed by atoms with Crippen LogP contribution < -0.4 is 0 Å². The first kappa shape index (κ1) is 17.0. The molecule has 1 aromatic rings. The molecule has 0 saturated carbocycles. The summed E-state index contributed by atoms with van der Waals surface area (Å²) < 4.78 is 0. The van der Waals surface area contributed by atoms with Gasteiger partial charge in [0.15, 0.2) is 0 Å². The van der Waals surface area contributed by atoms with Gasteiger partial charge in [0.2, 0.25) is 5.91 Å². The van der Waals surface area contributed by atoms with Crippen molar-refractivity contribution in [3.05, 3.63) is 18.2 Å². The largest absolute Gasteiger partial charge is 0.384 e. The lowest BCUT2D eigenvalue weighted by Gasteiger charge is -2.47. The van der Waals surface area contributed by atoms with E-state index in [1.807, 2.05) is 4.90 Å². The van der Waals surface area contributed by atoms with Gasteiger partial charge in [0, 0.05) is 50.9 Å². The van der Waals surface area contributed by atoms with Gasteiger partial charge < -0.3 is 19.9 Å². The lowest BCUT2D eigenvalue weighted by Crippen LogP contribution is -2.53. The summed E-state index contributed by atoms with van der Waals surface area (Å²) in [5, 5.41) is 9.46. The molecule has 0 radical (unpaired) electrons. The molecule has 2 fully saturated rings. The molecule has 7 heteroatoms. The van der Waals surface area contributed by atoms with Gasteiger partial charge in [-0.15, -0.1) is 0 Å². The molecule has 0 unspecified atom stereocenters. The zero-order valence-electron chi connectivity index (χ0n) is 14.2. The number of H-pyrrole nitrogens is 1. The molecular weight excluding hydrogens is 308 g/mol. The minimum atomic E-state index is -0.933. The van der Waals surface area contributed by atoms with Gasteiger partial charge in [0.25, 0.3) is 5.91 Å². The highest BCUT2D eigenvalue weighted by atomic mass is 16.3. The van der Waals surface area contributed by atoms with Gasteiger partial charge >= 0.3 is 0 Å². The van der Waals surface area contributed by atoms with Crippen molar-refractivity contribution in [2.45, 2.75) is 45.1 Å². The Bertz CT molecular complexity index is 577. The van der Waals surface area contributed by atoms with Crippen LogP contribution in [-0.4, -0.2) is 69.0 Å². The Morgan fingerprint density at radius 3 is 2.79 bits per heavy atom. The number of hydrogen-bond acceptors (Lipinski definition) is 4. The fourth-order valence-electron chi connectivity index (χ4n) is 3.86. The van der Waals surface area contributed by atoms with Gasteiger partial charge in [-0.2, -0.15) is 0 Å². The maximum atomic E-state index is 12.2. The lowest BCUT2D eigenvalue weighted by molar-refractivity contribution is -0.146. The number of hydrogen-bond donors (Lipinski definition) is 2. The monoisotopic (exact) mass is 334 g/mol. The fraction of sp³-hybridized carbons (Fsp3) is 0.706. The summed E-state index contributed by atoms with van der Waals surface area (Å²) >= 11 is 0. The third-order valence-corrected chi connectivity index (χ3v) is 5.45. The van der Waals surface area contributed by atoms with Crippen LogP contribution in [0.25, 0.3) is 0 Å². The van der Waals surface area contributed by atoms with Gasteiger partial charge in [-0.3, -0.25) is 9.59 Å². The second-order valence-electron chi connectivity index (χ2n) is 7.14. The molecule has 3 heterocycles. The molecule has 0 aliphatic carbocycles. The molecule has 3 rings (SSSR count). The van der Waals surface area contributed by atoms with Crippen molar-refractivity contribution in [1.82, 2.24) is 19.8 Å². The molecule has 2 aliphatic rings. The molecule has 0 bridgehead atoms. The third-order valence-electron chi connectivity index (χ3n) is 5.45. The summed E-state index contributed by atoms with van der Waals surface area (Å²) in [4.78, 5) is 35.0. The Labute approximate surface area is 142 Å². The summed E-state index contributed by atoms with van der Waals surface area (Å²) in [7, 11) is 0. The van der Waals surface area contributed by atoms with Crippen LogP contribution in [0.3, 0.4) is 0 Å². The Balaban J connectivity index is 1.57. The van der Waals surface area contributed by atoms with E-state index < -0.39 is 6.10 Å². The minimum absolute atomic E-state index is 0.122. The van der Waals surface area contributed by atoms with E-state index >= 15 is 0 Å². The van der Waals surface area contributed by atoms with Gasteiger partial charge in [-0.05, 0) is 31.6 Å². The number of likely N-dealkylation sites (tertiary alicyclic amines) is 2. The minimum Gasteiger partial charge on any atom is -0.384 e. The summed E-state index contributed by atoms with van der Waals surface area (Å²) in [5.74, 6) is 0.0375. The normalized spacial score (nSPS) is 22.0. The maximum Gasteiger partial charge on any atom is 0.251 e. The van der Waals surface area contributed by atoms with Crippen LogP contribution in [0.15, 0.2) is 12.5 Å². The molecular formula is C17H26N4O3. The molecule has 24 heavy (non-hydrogen) atoms. The maximum absolute atomic E-state index is 12.2. The highest BCUT2D eigenvalue weighted by Crippen LogP contribution is 2.40. The quantitative estimate of drug-likeness (QED) is 0.842. The van der Waals surface area contributed by atoms with Crippen LogP contribution in [0.4, 0.5) is 0 Å². The number of amides is 2. The number of nitrogens with zero attached hydrogens (tertiary/aromatic N) is 3. The van der Waals surface area contributed by atoms with Gasteiger partial charge in [-0.25, -0.2) is 4.98 Å². The van der Waals surface area contributed by atoms with E-state index in [2.05, 4.69) is 9.97 Å². The van der Waals surface area contributed by atoms with E-state index in [0.717, 1.165) is 37.9 Å². The number of aromatic amines is 1. The smallest absolute Gasteiger partial charge is 0.251 e. The number of aromatic nitrogens is 2. The van der Waals surface area contributed by atoms with Crippen LogP contribution >= 0.6 is 0 Å². The number of carbonyl (C=O) groups is 2. The van der Waals surface area contributed by atoms with Gasteiger partial charge in [0.05, 0.1) is 6.33 Å². The van der Waals surface area contributed by atoms with Crippen molar-refractivity contribution in [2.75, 3.05) is 26.2 Å². The SMILES string of the molecule is C[C@H](O)C(=O)N1CCC2(CCC(=O)N(CCc3cnc[nH]3)C2)CC1. The van der Waals surface area contributed by atoms with Crippen molar-refractivity contribution in [3.8, 4) is 0 Å². The molecule has 132 valence electrons. The highest BCUT2D eigenvalue weighted by Gasteiger charge is 2.41. The second-order valence-corrected chi connectivity index (χ2v) is 7.14. The predicted octanol–water partition coefficient (Wildman–Crippen LogP) is 0.564. The number of carbonyl (C=O) groups excluding carboxylic acids is 2. The third kappa shape index (κ3) is 3.61. The number of piperidine rings is 2. The topological polar surface area (TPSA) is 89.5 Å². The van der Waals surface area contributed by atoms with E-state index in [9.17, 15) is 14.7 Å². The zero-order valence-corrected chi connectivity index (χ0v) is 14.2. The molecule has 2 N–H and O–H groups in total. The zero-order chi connectivity index (χ0) is 17.2. The molecule has 2 amide bonds. The van der Waals surface area contributed by atoms with E-state index in [1.165, 1.54) is 6.92 Å². The fourth-order valence-corrected chi connectivity index (χ4v) is 3.86. The average molecular weight is 334 g/mol. The van der Waals surface area contributed by atoms with Crippen molar-refractivity contribution >= 4 is 11.8 Å². The van der Waals surface area contributed by atoms with Crippen LogP contribution in [0.5, 0.6) is 0 Å². The Morgan fingerprint density at radius 1 is 1.42 bits per heavy atom. The van der Waals surface area contributed by atoms with Crippen LogP contribution in [0.1, 0.15) is 38.3 Å². The van der Waals surface area contributed by atoms with Crippen LogP contribution in [0.2, 0.25) is 0 Å². The first-order valence-corrected chi connectivity index (χ1v) is 8.71. The number of nitrogens with one attached hydrogen (secondary N) is 1. The van der Waals surface area contributed by atoms with Gasteiger partial charge in [0.1, 0.15) is 6.10 Å². The predicted molar refractivity (Wildman–Crippen MR) is 88.0 cm³/mol. The van der Waals surface area contributed by atoms with Crippen molar-refractivity contribution in [3.63, 3.8) is 0 Å². The Hall–Kier alpha value is -1.89. The molecule has 1 atom stereocenters. The number of aliphatic hydroxyl groups excluding tert-OH is 1. The van der Waals surface area contributed by atoms with Crippen LogP contribution in [-0.2, 0) is 16.0 Å². The van der Waals surface area contributed by atoms with Crippen molar-refractivity contribution < 1.29 is 14.7 Å². The van der Waals surface area contributed by atoms with E-state index in [1.54, 1.807) is 17.4 Å². The standard InChI is InChI=1S/C17H26N4O3/c1-13(22)16(24)20-8-5-17(6-9-20)4-2-15(23)21(11-17)7-3-14-10-18-12-19-14/h10,12-13,22H,2-9,11H2,1H3,(H,18,19)/t13-/m0/s1. The average Bonchev–Trinajstić information content (AvgIpc) is 3.09. The summed E-state index contributed by atoms with van der Waals surface area (Å²) in [5.41, 5.74) is 1.16. The van der Waals surface area contributed by atoms with Crippen LogP contribution in [0, 0.1) is 5.41 Å². The molecule has 1 aromatic heterocycles. The molecule has 0 aromatic carbocycles. The second kappa shape index (κ2) is 6.93.